The van der Waals surface area contributed by atoms with Crippen molar-refractivity contribution in [1.29, 1.82) is 0 Å². The Bertz CT molecular complexity index is 1710. The predicted molar refractivity (Wildman–Crippen MR) is 160 cm³/mol. The zero-order valence-electron chi connectivity index (χ0n) is 23.8. The maximum Gasteiger partial charge on any atom is 0.251 e. The normalized spacial score (nSPS) is 11.4. The Balaban J connectivity index is 1.62. The Morgan fingerprint density at radius 1 is 0.951 bits per heavy atom. The number of rotatable bonds is 10. The van der Waals surface area contributed by atoms with Crippen LogP contribution in [0.25, 0.3) is 44.5 Å². The van der Waals surface area contributed by atoms with E-state index in [0.717, 1.165) is 35.2 Å². The number of carbonyl (C=O) groups excluding carboxylic acids is 2. The highest BCUT2D eigenvalue weighted by atomic mass is 19.1. The molecule has 0 spiro atoms. The van der Waals surface area contributed by atoms with E-state index in [4.69, 9.17) is 4.42 Å². The molecule has 0 radical (unpaired) electrons. The summed E-state index contributed by atoms with van der Waals surface area (Å²) < 4.78 is 21.6. The van der Waals surface area contributed by atoms with Gasteiger partial charge in [-0.05, 0) is 71.5 Å². The molecule has 41 heavy (non-hydrogen) atoms. The molecule has 0 bridgehead atoms. The number of hydrogen-bond donors (Lipinski definition) is 1. The van der Waals surface area contributed by atoms with Gasteiger partial charge in [0, 0.05) is 47.8 Å². The van der Waals surface area contributed by atoms with Gasteiger partial charge in [0.1, 0.15) is 17.2 Å². The number of carbonyl (C=O) groups is 2. The van der Waals surface area contributed by atoms with Crippen molar-refractivity contribution in [3.05, 3.63) is 90.0 Å². The average molecular weight is 552 g/mol. The van der Waals surface area contributed by atoms with Crippen LogP contribution < -0.4 is 5.32 Å². The third kappa shape index (κ3) is 5.85. The minimum atomic E-state index is -0.357. The van der Waals surface area contributed by atoms with Gasteiger partial charge in [0.15, 0.2) is 5.78 Å². The molecule has 3 aromatic carbocycles. The van der Waals surface area contributed by atoms with Crippen molar-refractivity contribution in [2.24, 2.45) is 5.92 Å². The summed E-state index contributed by atoms with van der Waals surface area (Å²) in [5, 5.41) is 8.20. The van der Waals surface area contributed by atoms with Gasteiger partial charge < -0.3 is 9.73 Å². The highest BCUT2D eigenvalue weighted by Gasteiger charge is 2.22. The van der Waals surface area contributed by atoms with E-state index in [1.54, 1.807) is 18.3 Å². The molecular weight excluding hydrogens is 517 g/mol. The van der Waals surface area contributed by atoms with Crippen LogP contribution in [0.3, 0.4) is 0 Å². The average Bonchev–Trinajstić information content (AvgIpc) is 3.60. The first-order valence-corrected chi connectivity index (χ1v) is 14.1. The predicted octanol–water partition coefficient (Wildman–Crippen LogP) is 8.16. The van der Waals surface area contributed by atoms with Crippen LogP contribution in [0.2, 0.25) is 0 Å². The van der Waals surface area contributed by atoms with Crippen molar-refractivity contribution in [3.63, 3.8) is 0 Å². The number of aryl methyl sites for hydroxylation is 1. The van der Waals surface area contributed by atoms with Crippen molar-refractivity contribution in [3.8, 4) is 33.6 Å². The molecule has 0 aliphatic carbocycles. The molecule has 2 aromatic heterocycles. The molecular formula is C34H34FN3O3. The monoisotopic (exact) mass is 551 g/mol. The second-order valence-corrected chi connectivity index (χ2v) is 10.7. The molecule has 0 saturated carbocycles. The zero-order chi connectivity index (χ0) is 29.1. The first kappa shape index (κ1) is 28.0. The standard InChI is InChI=1S/C34H34FN3O3/c1-5-15-38-20-25(19-37-38)27-13-9-23(16-28(27)34(40)36-18-21(3)4)24-10-14-31-29(17-24)32(30(39)6-2)33(41-31)22-7-11-26(35)12-8-22/h7-14,16-17,19-21H,5-6,15,18H2,1-4H3,(H,36,40). The number of nitrogens with one attached hydrogen (secondary N) is 1. The lowest BCUT2D eigenvalue weighted by molar-refractivity contribution is 0.0948. The lowest BCUT2D eigenvalue weighted by atomic mass is 9.94. The Morgan fingerprint density at radius 3 is 2.37 bits per heavy atom. The van der Waals surface area contributed by atoms with Crippen LogP contribution in [0.4, 0.5) is 4.39 Å². The van der Waals surface area contributed by atoms with E-state index in [1.807, 2.05) is 54.2 Å². The molecule has 0 saturated heterocycles. The summed E-state index contributed by atoms with van der Waals surface area (Å²) in [5.74, 6) is 0.172. The van der Waals surface area contributed by atoms with Crippen molar-refractivity contribution in [2.75, 3.05) is 6.54 Å². The van der Waals surface area contributed by atoms with Crippen molar-refractivity contribution in [1.82, 2.24) is 15.1 Å². The minimum Gasteiger partial charge on any atom is -0.455 e. The van der Waals surface area contributed by atoms with Gasteiger partial charge in [-0.3, -0.25) is 14.3 Å². The first-order chi connectivity index (χ1) is 19.8. The lowest BCUT2D eigenvalue weighted by Gasteiger charge is -2.13. The van der Waals surface area contributed by atoms with Crippen LogP contribution in [0, 0.1) is 11.7 Å². The van der Waals surface area contributed by atoms with E-state index < -0.39 is 0 Å². The summed E-state index contributed by atoms with van der Waals surface area (Å²) in [7, 11) is 0. The number of hydrogen-bond acceptors (Lipinski definition) is 4. The molecule has 1 N–H and O–H groups in total. The highest BCUT2D eigenvalue weighted by Crippen LogP contribution is 2.38. The fraction of sp³-hybridized carbons (Fsp3) is 0.265. The van der Waals surface area contributed by atoms with Crippen molar-refractivity contribution >= 4 is 22.7 Å². The second kappa shape index (κ2) is 11.9. The van der Waals surface area contributed by atoms with Crippen LogP contribution in [-0.2, 0) is 6.54 Å². The lowest BCUT2D eigenvalue weighted by Crippen LogP contribution is -2.27. The Labute approximate surface area is 239 Å². The molecule has 0 atom stereocenters. The van der Waals surface area contributed by atoms with E-state index in [-0.39, 0.29) is 17.5 Å². The molecule has 210 valence electrons. The van der Waals surface area contributed by atoms with E-state index in [0.29, 0.717) is 52.3 Å². The molecule has 5 rings (SSSR count). The van der Waals surface area contributed by atoms with E-state index in [1.165, 1.54) is 12.1 Å². The number of benzene rings is 3. The van der Waals surface area contributed by atoms with Gasteiger partial charge in [-0.25, -0.2) is 4.39 Å². The van der Waals surface area contributed by atoms with Gasteiger partial charge in [0.05, 0.1) is 11.8 Å². The number of aromatic nitrogens is 2. The van der Waals surface area contributed by atoms with E-state index >= 15 is 0 Å². The van der Waals surface area contributed by atoms with Crippen molar-refractivity contribution in [2.45, 2.75) is 47.1 Å². The Kier molecular flexibility index (Phi) is 8.15. The summed E-state index contributed by atoms with van der Waals surface area (Å²) in [4.78, 5) is 26.5. The van der Waals surface area contributed by atoms with Gasteiger partial charge in [-0.1, -0.05) is 45.9 Å². The maximum absolute atomic E-state index is 13.6. The number of halogens is 1. The SMILES string of the molecule is CCCn1cc(-c2ccc(-c3ccc4oc(-c5ccc(F)cc5)c(C(=O)CC)c4c3)cc2C(=O)NCC(C)C)cn1. The summed E-state index contributed by atoms with van der Waals surface area (Å²) >= 11 is 0. The topological polar surface area (TPSA) is 77.1 Å². The molecule has 1 amide bonds. The highest BCUT2D eigenvalue weighted by molar-refractivity contribution is 6.13. The number of furan rings is 1. The third-order valence-corrected chi connectivity index (χ3v) is 7.06. The molecule has 0 unspecified atom stereocenters. The molecule has 7 heteroatoms. The summed E-state index contributed by atoms with van der Waals surface area (Å²) in [6.07, 6.45) is 5.02. The van der Waals surface area contributed by atoms with Gasteiger partial charge in [0.25, 0.3) is 5.91 Å². The fourth-order valence-corrected chi connectivity index (χ4v) is 4.94. The number of ketones is 1. The number of amides is 1. The first-order valence-electron chi connectivity index (χ1n) is 14.1. The van der Waals surface area contributed by atoms with Crippen LogP contribution in [0.1, 0.15) is 61.3 Å². The number of fused-ring (bicyclic) bond motifs is 1. The van der Waals surface area contributed by atoms with Gasteiger partial charge in [-0.15, -0.1) is 0 Å². The fourth-order valence-electron chi connectivity index (χ4n) is 4.94. The number of Topliss-reactive ketones (excluding diaryl/α,β-unsaturated/α-hetero) is 1. The Morgan fingerprint density at radius 2 is 1.66 bits per heavy atom. The second-order valence-electron chi connectivity index (χ2n) is 10.7. The van der Waals surface area contributed by atoms with Gasteiger partial charge in [0.2, 0.25) is 0 Å². The smallest absolute Gasteiger partial charge is 0.251 e. The van der Waals surface area contributed by atoms with Crippen LogP contribution >= 0.6 is 0 Å². The molecule has 2 heterocycles. The minimum absolute atomic E-state index is 0.0617. The third-order valence-electron chi connectivity index (χ3n) is 7.06. The quantitative estimate of drug-likeness (QED) is 0.178. The zero-order valence-corrected chi connectivity index (χ0v) is 23.8. The Hall–Kier alpha value is -4.52. The molecule has 6 nitrogen and oxygen atoms in total. The van der Waals surface area contributed by atoms with Crippen LogP contribution in [0.15, 0.2) is 77.5 Å². The summed E-state index contributed by atoms with van der Waals surface area (Å²) in [5.41, 5.74) is 5.62. The van der Waals surface area contributed by atoms with Gasteiger partial charge >= 0.3 is 0 Å². The summed E-state index contributed by atoms with van der Waals surface area (Å²) in [6, 6.07) is 17.5. The van der Waals surface area contributed by atoms with E-state index in [2.05, 4.69) is 31.2 Å². The largest absolute Gasteiger partial charge is 0.455 e. The number of nitrogens with zero attached hydrogens (tertiary/aromatic N) is 2. The van der Waals surface area contributed by atoms with E-state index in [9.17, 15) is 14.0 Å². The molecule has 0 aliphatic rings. The molecule has 5 aromatic rings. The van der Waals surface area contributed by atoms with Crippen LogP contribution in [-0.4, -0.2) is 28.0 Å². The molecule has 0 fully saturated rings. The van der Waals surface area contributed by atoms with Crippen LogP contribution in [0.5, 0.6) is 0 Å². The van der Waals surface area contributed by atoms with Crippen molar-refractivity contribution < 1.29 is 18.4 Å². The summed E-state index contributed by atoms with van der Waals surface area (Å²) in [6.45, 7) is 9.39. The van der Waals surface area contributed by atoms with Gasteiger partial charge in [-0.2, -0.15) is 5.10 Å². The molecule has 0 aliphatic heterocycles. The maximum atomic E-state index is 13.6.